The van der Waals surface area contributed by atoms with Crippen LogP contribution in [-0.4, -0.2) is 57.5 Å². The van der Waals surface area contributed by atoms with Crippen LogP contribution in [0.2, 0.25) is 0 Å². The van der Waals surface area contributed by atoms with Gasteiger partial charge in [0.15, 0.2) is 5.78 Å². The number of ether oxygens (including phenoxy) is 1. The molecule has 3 fully saturated rings. The monoisotopic (exact) mass is 826 g/mol. The van der Waals surface area contributed by atoms with Crippen LogP contribution in [-0.2, 0) is 16.0 Å². The molecule has 1 aromatic heterocycles. The zero-order valence-electron chi connectivity index (χ0n) is 27.5. The number of Topliss-reactive ketones (excluding diaryl/α,β-unsaturated/α-hetero) is 1. The van der Waals surface area contributed by atoms with E-state index in [0.29, 0.717) is 24.2 Å². The Morgan fingerprint density at radius 3 is 2.61 bits per heavy atom. The second-order valence-corrected chi connectivity index (χ2v) is 14.6. The number of unbranched alkanes of at least 4 members (excludes halogenated alkanes) is 2. The summed E-state index contributed by atoms with van der Waals surface area (Å²) in [4.78, 5) is 38.1. The van der Waals surface area contributed by atoms with E-state index in [1.54, 1.807) is 0 Å². The summed E-state index contributed by atoms with van der Waals surface area (Å²) >= 11 is 0. The van der Waals surface area contributed by atoms with Crippen molar-refractivity contribution in [1.82, 2.24) is 20.2 Å². The Hall–Kier alpha value is -1.49. The molecule has 1 aliphatic heterocycles. The van der Waals surface area contributed by atoms with Gasteiger partial charge in [0.25, 0.3) is 0 Å². The zero-order chi connectivity index (χ0) is 30.6. The van der Waals surface area contributed by atoms with Crippen LogP contribution < -0.4 is 5.32 Å². The smallest absolute Gasteiger partial charge is 0.448 e. The number of benzene rings is 1. The summed E-state index contributed by atoms with van der Waals surface area (Å²) in [5.41, 5.74) is 2.13. The first-order chi connectivity index (χ1) is 20.6. The molecule has 1 amide bonds. The van der Waals surface area contributed by atoms with Gasteiger partial charge in [0, 0.05) is 30.1 Å². The Labute approximate surface area is 288 Å². The summed E-state index contributed by atoms with van der Waals surface area (Å²) in [5.74, 6) is 1.32. The van der Waals surface area contributed by atoms with Crippen LogP contribution in [0.25, 0.3) is 11.0 Å². The average Bonchev–Trinajstić information content (AvgIpc) is 3.65. The standard InChI is InChI=1S/C36H52N4O3.U/c1-6-25-20-22-40(32(25)33(41)26-18-19-26)24-31(35(2,3)4)39-34(42)43-36(5)21-12-14-27(36)13-8-7-9-15-28-23-37-29-16-10-11-17-30(29)38-28;/h10-11,16-17,20,25-27,31-32H,6-9,12-15,18-19,21-22,24H2,1-5H3,(H,39,42);/q-2;+2/t25-,27-,31-,32+,36-;/m1./s1. The predicted molar refractivity (Wildman–Crippen MR) is 170 cm³/mol. The summed E-state index contributed by atoms with van der Waals surface area (Å²) in [7, 11) is 0. The summed E-state index contributed by atoms with van der Waals surface area (Å²) in [5, 5.41) is 3.26. The van der Waals surface area contributed by atoms with Crippen molar-refractivity contribution < 1.29 is 45.4 Å². The molecule has 5 atom stereocenters. The fourth-order valence-electron chi connectivity index (χ4n) is 7.23. The maximum Gasteiger partial charge on any atom is 2.00 e. The minimum absolute atomic E-state index is 0. The number of aromatic nitrogens is 2. The van der Waals surface area contributed by atoms with Crippen LogP contribution in [0.3, 0.4) is 0 Å². The molecule has 2 aliphatic carbocycles. The van der Waals surface area contributed by atoms with E-state index in [1.165, 1.54) is 0 Å². The van der Waals surface area contributed by atoms with E-state index in [0.717, 1.165) is 93.9 Å². The van der Waals surface area contributed by atoms with Gasteiger partial charge in [-0.1, -0.05) is 70.7 Å². The molecule has 238 valence electrons. The molecule has 2 saturated carbocycles. The fourth-order valence-corrected chi connectivity index (χ4v) is 7.23. The van der Waals surface area contributed by atoms with Crippen LogP contribution in [0.1, 0.15) is 105 Å². The van der Waals surface area contributed by atoms with Gasteiger partial charge in [0.2, 0.25) is 0 Å². The van der Waals surface area contributed by atoms with Gasteiger partial charge in [0.1, 0.15) is 5.60 Å². The van der Waals surface area contributed by atoms with Crippen LogP contribution in [0.15, 0.2) is 24.3 Å². The van der Waals surface area contributed by atoms with Gasteiger partial charge in [-0.25, -0.2) is 4.79 Å². The number of hydrogen-bond donors (Lipinski definition) is 1. The second-order valence-electron chi connectivity index (χ2n) is 14.6. The van der Waals surface area contributed by atoms with Crippen LogP contribution in [0.4, 0.5) is 4.79 Å². The SMILES string of the molecule is CC[C@@H]1[CH-]CN(C[C@@H](NC(=O)O[C@]2(C)CCC[C@H]2CCCCCc2[c-]nc3ccccc3n2)C(C)(C)C)[C@@H]1C(=O)C1CC1.[U+2]. The third-order valence-electron chi connectivity index (χ3n) is 10.3. The van der Waals surface area contributed by atoms with Gasteiger partial charge in [-0.15, -0.1) is 24.7 Å². The fraction of sp³-hybridized carbons (Fsp3) is 0.694. The number of ketones is 1. The van der Waals surface area contributed by atoms with E-state index >= 15 is 0 Å². The molecule has 1 saturated heterocycles. The Kier molecular flexibility index (Phi) is 12.4. The number of rotatable bonds is 13. The molecule has 2 aromatic rings. The van der Waals surface area contributed by atoms with Crippen molar-refractivity contribution in [2.75, 3.05) is 13.1 Å². The number of carbonyl (C=O) groups excluding carboxylic acids is 2. The van der Waals surface area contributed by atoms with E-state index in [1.807, 2.05) is 24.3 Å². The second kappa shape index (κ2) is 15.4. The van der Waals surface area contributed by atoms with Crippen molar-refractivity contribution in [3.05, 3.63) is 42.6 Å². The minimum atomic E-state index is -0.441. The van der Waals surface area contributed by atoms with Crippen LogP contribution in [0, 0.1) is 66.9 Å². The molecule has 1 aromatic carbocycles. The van der Waals surface area contributed by atoms with Crippen LogP contribution >= 0.6 is 0 Å². The first-order valence-corrected chi connectivity index (χ1v) is 16.8. The molecule has 3 aliphatic rings. The molecule has 2 heterocycles. The van der Waals surface area contributed by atoms with Crippen molar-refractivity contribution >= 4 is 22.9 Å². The van der Waals surface area contributed by atoms with Crippen molar-refractivity contribution in [1.29, 1.82) is 0 Å². The number of amides is 1. The number of likely N-dealkylation sites (tertiary alicyclic amines) is 1. The maximum atomic E-state index is 13.4. The normalized spacial score (nSPS) is 26.3. The summed E-state index contributed by atoms with van der Waals surface area (Å²) in [6, 6.07) is 7.76. The Morgan fingerprint density at radius 1 is 1.16 bits per heavy atom. The van der Waals surface area contributed by atoms with Gasteiger partial charge in [-0.2, -0.15) is 0 Å². The largest absolute Gasteiger partial charge is 2.00 e. The first kappa shape index (κ1) is 35.4. The molecule has 0 unspecified atom stereocenters. The van der Waals surface area contributed by atoms with Crippen molar-refractivity contribution in [2.45, 2.75) is 123 Å². The molecular weight excluding hydrogens is 774 g/mol. The van der Waals surface area contributed by atoms with Gasteiger partial charge >= 0.3 is 37.2 Å². The van der Waals surface area contributed by atoms with Crippen LogP contribution in [0.5, 0.6) is 0 Å². The Bertz CT molecular complexity index is 1260. The molecular formula is C36H52N4O3U. The molecule has 0 spiro atoms. The third kappa shape index (κ3) is 8.86. The van der Waals surface area contributed by atoms with Gasteiger partial charge in [-0.05, 0) is 75.3 Å². The van der Waals surface area contributed by atoms with E-state index in [-0.39, 0.29) is 60.6 Å². The molecule has 8 heteroatoms. The number of hydrogen-bond acceptors (Lipinski definition) is 6. The van der Waals surface area contributed by atoms with Gasteiger partial charge in [0.05, 0.1) is 0 Å². The van der Waals surface area contributed by atoms with Crippen molar-refractivity contribution in [2.24, 2.45) is 23.2 Å². The number of nitrogens with one attached hydrogen (secondary N) is 1. The average molecular weight is 827 g/mol. The number of para-hydroxylation sites is 2. The number of fused-ring (bicyclic) bond motifs is 1. The predicted octanol–water partition coefficient (Wildman–Crippen LogP) is 7.13. The topological polar surface area (TPSA) is 84.4 Å². The number of aryl methyl sites for hydroxylation is 1. The summed E-state index contributed by atoms with van der Waals surface area (Å²) in [6.07, 6.45) is 16.4. The molecule has 44 heavy (non-hydrogen) atoms. The first-order valence-electron chi connectivity index (χ1n) is 16.8. The van der Waals surface area contributed by atoms with Crippen molar-refractivity contribution in [3.63, 3.8) is 0 Å². The van der Waals surface area contributed by atoms with E-state index in [9.17, 15) is 9.59 Å². The molecule has 0 radical (unpaired) electrons. The maximum absolute atomic E-state index is 13.4. The quantitative estimate of drug-likeness (QED) is 0.171. The molecule has 5 rings (SSSR count). The van der Waals surface area contributed by atoms with Gasteiger partial charge in [-0.3, -0.25) is 9.78 Å². The third-order valence-corrected chi connectivity index (χ3v) is 10.3. The molecule has 7 nitrogen and oxygen atoms in total. The number of alkyl carbamates (subject to hydrolysis) is 1. The zero-order valence-corrected chi connectivity index (χ0v) is 31.7. The van der Waals surface area contributed by atoms with E-state index in [2.05, 4.69) is 62.4 Å². The Balaban J connectivity index is 0.00000442. The summed E-state index contributed by atoms with van der Waals surface area (Å²) in [6.45, 7) is 12.2. The molecule has 0 bridgehead atoms. The van der Waals surface area contributed by atoms with E-state index < -0.39 is 5.60 Å². The van der Waals surface area contributed by atoms with Gasteiger partial charge < -0.3 is 26.4 Å². The number of nitrogens with zero attached hydrogens (tertiary/aromatic N) is 3. The number of carbonyl (C=O) groups is 2. The Morgan fingerprint density at radius 2 is 1.91 bits per heavy atom. The summed E-state index contributed by atoms with van der Waals surface area (Å²) < 4.78 is 6.27. The molecule has 1 N–H and O–H groups in total. The minimum Gasteiger partial charge on any atom is -0.448 e. The van der Waals surface area contributed by atoms with Crippen molar-refractivity contribution in [3.8, 4) is 0 Å². The van der Waals surface area contributed by atoms with E-state index in [4.69, 9.17) is 9.72 Å².